The number of hydrogen-bond acceptors (Lipinski definition) is 3. The van der Waals surface area contributed by atoms with Crippen molar-refractivity contribution in [3.63, 3.8) is 0 Å². The normalized spacial score (nSPS) is 11.5. The van der Waals surface area contributed by atoms with Gasteiger partial charge in [-0.15, -0.1) is 0 Å². The molecule has 0 aliphatic heterocycles. The highest BCUT2D eigenvalue weighted by molar-refractivity contribution is 6.17. The van der Waals surface area contributed by atoms with Gasteiger partial charge in [0.15, 0.2) is 5.58 Å². The summed E-state index contributed by atoms with van der Waals surface area (Å²) >= 11 is 0. The Bertz CT molecular complexity index is 2850. The minimum absolute atomic E-state index is 0.846. The maximum Gasteiger partial charge on any atom is 0.160 e. The number of nitrogens with zero attached hydrogens (tertiary/aromatic N) is 1. The fourth-order valence-corrected chi connectivity index (χ4v) is 7.59. The van der Waals surface area contributed by atoms with E-state index < -0.39 is 0 Å². The van der Waals surface area contributed by atoms with Crippen LogP contribution < -0.4 is 4.90 Å². The van der Waals surface area contributed by atoms with Gasteiger partial charge >= 0.3 is 0 Å². The van der Waals surface area contributed by atoms with Gasteiger partial charge in [0.05, 0.1) is 11.4 Å². The molecule has 10 rings (SSSR count). The zero-order valence-electron chi connectivity index (χ0n) is 27.7. The summed E-state index contributed by atoms with van der Waals surface area (Å²) in [6, 6.07) is 66.0. The highest BCUT2D eigenvalue weighted by atomic mass is 16.3. The Morgan fingerprint density at radius 2 is 0.843 bits per heavy atom. The van der Waals surface area contributed by atoms with Crippen LogP contribution in [-0.4, -0.2) is 0 Å². The van der Waals surface area contributed by atoms with Gasteiger partial charge in [0.25, 0.3) is 0 Å². The maximum absolute atomic E-state index is 6.84. The summed E-state index contributed by atoms with van der Waals surface area (Å²) in [7, 11) is 0. The summed E-state index contributed by atoms with van der Waals surface area (Å²) < 4.78 is 13.1. The molecule has 0 radical (unpaired) electrons. The van der Waals surface area contributed by atoms with Crippen LogP contribution in [-0.2, 0) is 0 Å². The molecular weight excluding hydrogens is 623 g/mol. The first kappa shape index (κ1) is 29.1. The first-order valence-electron chi connectivity index (χ1n) is 17.3. The molecule has 0 amide bonds. The minimum atomic E-state index is 0.846. The molecule has 0 fully saturated rings. The predicted octanol–water partition coefficient (Wildman–Crippen LogP) is 14.0. The van der Waals surface area contributed by atoms with Crippen LogP contribution in [0.15, 0.2) is 197 Å². The van der Waals surface area contributed by atoms with E-state index in [0.717, 1.165) is 94.3 Å². The molecule has 10 aromatic rings. The number of rotatable bonds is 6. The number of benzene rings is 8. The summed E-state index contributed by atoms with van der Waals surface area (Å²) in [6.07, 6.45) is 0. The Labute approximate surface area is 295 Å². The number of fused-ring (bicyclic) bond motifs is 6. The lowest BCUT2D eigenvalue weighted by atomic mass is 9.96. The maximum atomic E-state index is 6.84. The molecular formula is C48H31NO2. The first-order valence-corrected chi connectivity index (χ1v) is 17.3. The largest absolute Gasteiger partial charge is 0.456 e. The number of anilines is 3. The van der Waals surface area contributed by atoms with Crippen molar-refractivity contribution in [2.24, 2.45) is 0 Å². The van der Waals surface area contributed by atoms with E-state index in [1.165, 1.54) is 0 Å². The summed E-state index contributed by atoms with van der Waals surface area (Å²) in [5.41, 5.74) is 13.4. The second-order valence-corrected chi connectivity index (χ2v) is 12.8. The van der Waals surface area contributed by atoms with Crippen molar-refractivity contribution < 1.29 is 8.83 Å². The van der Waals surface area contributed by atoms with Crippen molar-refractivity contribution in [2.75, 3.05) is 4.90 Å². The van der Waals surface area contributed by atoms with Crippen molar-refractivity contribution in [1.82, 2.24) is 0 Å². The summed E-state index contributed by atoms with van der Waals surface area (Å²) in [4.78, 5) is 2.35. The minimum Gasteiger partial charge on any atom is -0.456 e. The molecule has 8 aromatic carbocycles. The quantitative estimate of drug-likeness (QED) is 0.179. The van der Waals surface area contributed by atoms with Gasteiger partial charge < -0.3 is 13.7 Å². The Morgan fingerprint density at radius 1 is 0.314 bits per heavy atom. The first-order chi connectivity index (χ1) is 25.3. The second kappa shape index (κ2) is 11.9. The van der Waals surface area contributed by atoms with E-state index in [2.05, 4.69) is 169 Å². The summed E-state index contributed by atoms with van der Waals surface area (Å²) in [6.45, 7) is 0. The van der Waals surface area contributed by atoms with E-state index in [-0.39, 0.29) is 0 Å². The molecule has 0 bridgehead atoms. The van der Waals surface area contributed by atoms with Gasteiger partial charge in [-0.1, -0.05) is 146 Å². The Balaban J connectivity index is 1.21. The number of para-hydroxylation sites is 3. The Hall–Kier alpha value is -6.84. The van der Waals surface area contributed by atoms with Crippen LogP contribution in [0.2, 0.25) is 0 Å². The lowest BCUT2D eigenvalue weighted by Gasteiger charge is -2.28. The molecule has 240 valence electrons. The third kappa shape index (κ3) is 4.82. The van der Waals surface area contributed by atoms with E-state index in [0.29, 0.717) is 0 Å². The third-order valence-corrected chi connectivity index (χ3v) is 9.90. The fourth-order valence-electron chi connectivity index (χ4n) is 7.59. The molecule has 0 aliphatic rings. The molecule has 0 aliphatic carbocycles. The average molecular weight is 654 g/mol. The van der Waals surface area contributed by atoms with Gasteiger partial charge in [0, 0.05) is 32.8 Å². The monoisotopic (exact) mass is 653 g/mol. The van der Waals surface area contributed by atoms with Crippen LogP contribution in [0.1, 0.15) is 0 Å². The van der Waals surface area contributed by atoms with E-state index >= 15 is 0 Å². The highest BCUT2D eigenvalue weighted by Gasteiger charge is 2.24. The Morgan fingerprint density at radius 3 is 1.59 bits per heavy atom. The van der Waals surface area contributed by atoms with Crippen molar-refractivity contribution >= 4 is 60.9 Å². The molecule has 51 heavy (non-hydrogen) atoms. The molecule has 0 N–H and O–H groups in total. The molecule has 3 nitrogen and oxygen atoms in total. The Kier molecular flexibility index (Phi) is 6.81. The van der Waals surface area contributed by atoms with Crippen LogP contribution in [0.25, 0.3) is 77.3 Å². The number of furan rings is 2. The lowest BCUT2D eigenvalue weighted by molar-refractivity contribution is 0.668. The predicted molar refractivity (Wildman–Crippen MR) is 212 cm³/mol. The van der Waals surface area contributed by atoms with E-state index in [1.54, 1.807) is 0 Å². The van der Waals surface area contributed by atoms with Crippen LogP contribution in [0, 0.1) is 0 Å². The van der Waals surface area contributed by atoms with Crippen molar-refractivity contribution in [2.45, 2.75) is 0 Å². The second-order valence-electron chi connectivity index (χ2n) is 12.8. The van der Waals surface area contributed by atoms with Crippen LogP contribution >= 0.6 is 0 Å². The van der Waals surface area contributed by atoms with Gasteiger partial charge in [-0.2, -0.15) is 0 Å². The van der Waals surface area contributed by atoms with Gasteiger partial charge in [-0.05, 0) is 70.3 Å². The summed E-state index contributed by atoms with van der Waals surface area (Å²) in [5.74, 6) is 0. The molecule has 2 heterocycles. The van der Waals surface area contributed by atoms with Crippen LogP contribution in [0.5, 0.6) is 0 Å². The SMILES string of the molecule is c1ccc(-c2ccccc2N(c2ccc(-c3cccc4oc5ccccc5c34)cc2)c2ccc(-c3ccccc3)c3c2oc2ccccc23)cc1. The third-order valence-electron chi connectivity index (χ3n) is 9.90. The molecule has 0 atom stereocenters. The topological polar surface area (TPSA) is 29.5 Å². The van der Waals surface area contributed by atoms with Gasteiger partial charge in [0.2, 0.25) is 0 Å². The molecule has 2 aromatic heterocycles. The van der Waals surface area contributed by atoms with E-state index in [1.807, 2.05) is 24.3 Å². The lowest BCUT2D eigenvalue weighted by Crippen LogP contribution is -2.11. The van der Waals surface area contributed by atoms with Crippen LogP contribution in [0.3, 0.4) is 0 Å². The molecule has 0 unspecified atom stereocenters. The van der Waals surface area contributed by atoms with Crippen molar-refractivity contribution in [3.8, 4) is 33.4 Å². The zero-order valence-corrected chi connectivity index (χ0v) is 27.7. The average Bonchev–Trinajstić information content (AvgIpc) is 3.79. The standard InChI is InChI=1S/C48H31NO2/c1-3-14-32(15-4-1)36-18-7-10-22-41(36)49(35-28-26-34(27-29-35)37-21-13-25-45-46(37)39-19-8-11-23-43(39)50-45)42-31-30-38(33-16-5-2-6-17-33)47-40-20-9-12-24-44(40)51-48(42)47/h1-31H. The smallest absolute Gasteiger partial charge is 0.160 e. The number of hydrogen-bond donors (Lipinski definition) is 0. The summed E-state index contributed by atoms with van der Waals surface area (Å²) in [5, 5.41) is 4.45. The van der Waals surface area contributed by atoms with Crippen LogP contribution in [0.4, 0.5) is 17.1 Å². The fraction of sp³-hybridized carbons (Fsp3) is 0. The molecule has 3 heteroatoms. The van der Waals surface area contributed by atoms with Gasteiger partial charge in [0.1, 0.15) is 16.7 Å². The molecule has 0 spiro atoms. The van der Waals surface area contributed by atoms with E-state index in [9.17, 15) is 0 Å². The molecule has 0 saturated heterocycles. The molecule has 0 saturated carbocycles. The van der Waals surface area contributed by atoms with E-state index in [4.69, 9.17) is 8.83 Å². The highest BCUT2D eigenvalue weighted by Crippen LogP contribution is 2.48. The van der Waals surface area contributed by atoms with Crippen molar-refractivity contribution in [1.29, 1.82) is 0 Å². The van der Waals surface area contributed by atoms with Gasteiger partial charge in [-0.25, -0.2) is 0 Å². The van der Waals surface area contributed by atoms with Crippen molar-refractivity contribution in [3.05, 3.63) is 188 Å². The zero-order chi connectivity index (χ0) is 33.7. The van der Waals surface area contributed by atoms with Gasteiger partial charge in [-0.3, -0.25) is 0 Å².